The molecule has 0 saturated carbocycles. The highest BCUT2D eigenvalue weighted by Gasteiger charge is 2.18. The number of likely N-dealkylation sites (N-methyl/N-ethyl adjacent to an activating group) is 1. The third kappa shape index (κ3) is 10.7. The van der Waals surface area contributed by atoms with Crippen LogP contribution < -0.4 is 5.32 Å². The normalized spacial score (nSPS) is 11.4. The maximum absolute atomic E-state index is 11.6. The molecular formula is C13H28N2O2S. The molecule has 1 amide bonds. The van der Waals surface area contributed by atoms with Crippen LogP contribution in [0.1, 0.15) is 34.1 Å². The van der Waals surface area contributed by atoms with Gasteiger partial charge in [-0.3, -0.25) is 0 Å². The van der Waals surface area contributed by atoms with Gasteiger partial charge in [0.05, 0.1) is 0 Å². The van der Waals surface area contributed by atoms with Gasteiger partial charge in [-0.05, 0) is 45.2 Å². The summed E-state index contributed by atoms with van der Waals surface area (Å²) in [6.45, 7) is 10.3. The van der Waals surface area contributed by atoms with E-state index in [-0.39, 0.29) is 6.09 Å². The van der Waals surface area contributed by atoms with E-state index in [1.165, 1.54) is 17.9 Å². The van der Waals surface area contributed by atoms with Crippen molar-refractivity contribution in [3.63, 3.8) is 0 Å². The van der Waals surface area contributed by atoms with Crippen LogP contribution in [-0.2, 0) is 4.74 Å². The van der Waals surface area contributed by atoms with Gasteiger partial charge in [-0.1, -0.05) is 6.92 Å². The lowest BCUT2D eigenvalue weighted by atomic mass is 10.2. The van der Waals surface area contributed by atoms with Gasteiger partial charge in [0.2, 0.25) is 0 Å². The number of amides is 1. The Kier molecular flexibility index (Phi) is 9.28. The van der Waals surface area contributed by atoms with E-state index < -0.39 is 5.60 Å². The second-order valence-corrected chi connectivity index (χ2v) is 6.60. The van der Waals surface area contributed by atoms with Gasteiger partial charge in [-0.2, -0.15) is 11.8 Å². The molecule has 0 aliphatic heterocycles. The summed E-state index contributed by atoms with van der Waals surface area (Å²) in [5.74, 6) is 2.38. The van der Waals surface area contributed by atoms with E-state index in [1.807, 2.05) is 32.5 Å². The lowest BCUT2D eigenvalue weighted by Gasteiger charge is -2.24. The van der Waals surface area contributed by atoms with Gasteiger partial charge < -0.3 is 15.0 Å². The van der Waals surface area contributed by atoms with E-state index in [2.05, 4.69) is 12.2 Å². The number of hydrogen-bond acceptors (Lipinski definition) is 4. The highest BCUT2D eigenvalue weighted by atomic mass is 32.2. The second-order valence-electron chi connectivity index (χ2n) is 5.20. The van der Waals surface area contributed by atoms with Crippen LogP contribution in [0.2, 0.25) is 0 Å². The maximum Gasteiger partial charge on any atom is 0.410 e. The molecule has 0 radical (unpaired) electrons. The molecule has 18 heavy (non-hydrogen) atoms. The predicted octanol–water partition coefficient (Wildman–Crippen LogP) is 2.59. The Morgan fingerprint density at radius 3 is 2.56 bits per heavy atom. The zero-order valence-corrected chi connectivity index (χ0v) is 13.2. The summed E-state index contributed by atoms with van der Waals surface area (Å²) in [6.07, 6.45) is 0.917. The third-order valence-electron chi connectivity index (χ3n) is 2.18. The smallest absolute Gasteiger partial charge is 0.410 e. The fourth-order valence-corrected chi connectivity index (χ4v) is 1.88. The lowest BCUT2D eigenvalue weighted by Crippen LogP contribution is -2.38. The van der Waals surface area contributed by atoms with Gasteiger partial charge in [-0.25, -0.2) is 4.79 Å². The molecule has 0 fully saturated rings. The van der Waals surface area contributed by atoms with E-state index in [1.54, 1.807) is 11.9 Å². The Morgan fingerprint density at radius 1 is 1.33 bits per heavy atom. The van der Waals surface area contributed by atoms with Crippen LogP contribution >= 0.6 is 11.8 Å². The van der Waals surface area contributed by atoms with Crippen LogP contribution in [0.3, 0.4) is 0 Å². The fourth-order valence-electron chi connectivity index (χ4n) is 1.25. The van der Waals surface area contributed by atoms with Crippen molar-refractivity contribution in [1.29, 1.82) is 0 Å². The summed E-state index contributed by atoms with van der Waals surface area (Å²) >= 11 is 1.96. The fraction of sp³-hybridized carbons (Fsp3) is 0.923. The summed E-state index contributed by atoms with van der Waals surface area (Å²) in [5.41, 5.74) is -0.420. The van der Waals surface area contributed by atoms with Gasteiger partial charge in [0.15, 0.2) is 0 Å². The minimum absolute atomic E-state index is 0.258. The topological polar surface area (TPSA) is 41.6 Å². The van der Waals surface area contributed by atoms with E-state index >= 15 is 0 Å². The first-order valence-corrected chi connectivity index (χ1v) is 7.75. The number of ether oxygens (including phenoxy) is 1. The Hall–Kier alpha value is -0.420. The SMILES string of the molecule is CCSCCCNCCN(C)C(=O)OC(C)(C)C. The molecule has 1 N–H and O–H groups in total. The third-order valence-corrected chi connectivity index (χ3v) is 3.16. The van der Waals surface area contributed by atoms with Gasteiger partial charge in [0.25, 0.3) is 0 Å². The van der Waals surface area contributed by atoms with E-state index in [9.17, 15) is 4.79 Å². The number of rotatable bonds is 8. The van der Waals surface area contributed by atoms with Crippen molar-refractivity contribution in [2.24, 2.45) is 0 Å². The molecule has 0 unspecified atom stereocenters. The van der Waals surface area contributed by atoms with Crippen molar-refractivity contribution in [3.05, 3.63) is 0 Å². The standard InChI is InChI=1S/C13H28N2O2S/c1-6-18-11-7-8-14-9-10-15(5)12(16)17-13(2,3)4/h14H,6-11H2,1-5H3. The molecule has 5 heteroatoms. The Bertz CT molecular complexity index is 230. The summed E-state index contributed by atoms with van der Waals surface area (Å²) < 4.78 is 5.27. The Balaban J connectivity index is 3.52. The molecule has 0 rings (SSSR count). The molecule has 0 aliphatic rings. The highest BCUT2D eigenvalue weighted by molar-refractivity contribution is 7.99. The summed E-state index contributed by atoms with van der Waals surface area (Å²) in [4.78, 5) is 13.2. The molecule has 4 nitrogen and oxygen atoms in total. The average molecular weight is 276 g/mol. The first-order valence-electron chi connectivity index (χ1n) is 6.59. The number of nitrogens with one attached hydrogen (secondary N) is 1. The molecule has 0 heterocycles. The average Bonchev–Trinajstić information content (AvgIpc) is 2.25. The molecular weight excluding hydrogens is 248 g/mol. The summed E-state index contributed by atoms with van der Waals surface area (Å²) in [6, 6.07) is 0. The first-order chi connectivity index (χ1) is 8.37. The van der Waals surface area contributed by atoms with Crippen molar-refractivity contribution in [1.82, 2.24) is 10.2 Å². The van der Waals surface area contributed by atoms with Crippen LogP contribution in [0.4, 0.5) is 4.79 Å². The monoisotopic (exact) mass is 276 g/mol. The number of hydrogen-bond donors (Lipinski definition) is 1. The molecule has 0 aliphatic carbocycles. The van der Waals surface area contributed by atoms with Gasteiger partial charge >= 0.3 is 6.09 Å². The Morgan fingerprint density at radius 2 is 2.00 bits per heavy atom. The molecule has 0 aromatic rings. The number of thioether (sulfide) groups is 1. The van der Waals surface area contributed by atoms with Crippen LogP contribution in [0.5, 0.6) is 0 Å². The second kappa shape index (κ2) is 9.50. The summed E-state index contributed by atoms with van der Waals surface area (Å²) in [7, 11) is 1.77. The number of nitrogens with zero attached hydrogens (tertiary/aromatic N) is 1. The zero-order chi connectivity index (χ0) is 14.0. The molecule has 0 aromatic heterocycles. The van der Waals surface area contributed by atoms with Crippen LogP contribution in [0, 0.1) is 0 Å². The van der Waals surface area contributed by atoms with Gasteiger partial charge in [-0.15, -0.1) is 0 Å². The van der Waals surface area contributed by atoms with Crippen molar-refractivity contribution in [2.75, 3.05) is 38.2 Å². The quantitative estimate of drug-likeness (QED) is 0.692. The van der Waals surface area contributed by atoms with E-state index in [0.29, 0.717) is 6.54 Å². The molecule has 0 aromatic carbocycles. The predicted molar refractivity (Wildman–Crippen MR) is 79.3 cm³/mol. The number of carbonyl (C=O) groups is 1. The van der Waals surface area contributed by atoms with Crippen LogP contribution in [0.15, 0.2) is 0 Å². The van der Waals surface area contributed by atoms with Crippen LogP contribution in [0.25, 0.3) is 0 Å². The minimum atomic E-state index is -0.420. The molecule has 0 saturated heterocycles. The minimum Gasteiger partial charge on any atom is -0.444 e. The van der Waals surface area contributed by atoms with Gasteiger partial charge in [0, 0.05) is 20.1 Å². The lowest BCUT2D eigenvalue weighted by molar-refractivity contribution is 0.0300. The largest absolute Gasteiger partial charge is 0.444 e. The van der Waals surface area contributed by atoms with E-state index in [4.69, 9.17) is 4.74 Å². The van der Waals surface area contributed by atoms with E-state index in [0.717, 1.165) is 13.1 Å². The molecule has 0 atom stereocenters. The maximum atomic E-state index is 11.6. The van der Waals surface area contributed by atoms with Crippen molar-refractivity contribution in [2.45, 2.75) is 39.7 Å². The zero-order valence-electron chi connectivity index (χ0n) is 12.4. The van der Waals surface area contributed by atoms with Crippen molar-refractivity contribution < 1.29 is 9.53 Å². The summed E-state index contributed by atoms with van der Waals surface area (Å²) in [5, 5.41) is 3.33. The highest BCUT2D eigenvalue weighted by Crippen LogP contribution is 2.08. The molecule has 0 bridgehead atoms. The first kappa shape index (κ1) is 17.6. The van der Waals surface area contributed by atoms with Crippen molar-refractivity contribution in [3.8, 4) is 0 Å². The van der Waals surface area contributed by atoms with Crippen LogP contribution in [-0.4, -0.2) is 54.8 Å². The number of carbonyl (C=O) groups excluding carboxylic acids is 1. The Labute approximate surface area is 116 Å². The van der Waals surface area contributed by atoms with Crippen molar-refractivity contribution >= 4 is 17.9 Å². The van der Waals surface area contributed by atoms with Gasteiger partial charge in [0.1, 0.15) is 5.60 Å². The molecule has 108 valence electrons. The molecule has 0 spiro atoms.